The second-order valence-corrected chi connectivity index (χ2v) is 8.36. The van der Waals surface area contributed by atoms with Crippen molar-refractivity contribution < 1.29 is 28.6 Å². The van der Waals surface area contributed by atoms with Crippen molar-refractivity contribution in [3.05, 3.63) is 59.4 Å². The molecule has 2 aromatic carbocycles. The summed E-state index contributed by atoms with van der Waals surface area (Å²) in [5.74, 6) is 0.318. The first-order chi connectivity index (χ1) is 15.4. The number of hydrogen-bond donors (Lipinski definition) is 2. The number of β-amino-alcohol motifs (C(OH)–C–C–N with tert-alkyl or cyclic N) is 1. The number of amides is 2. The van der Waals surface area contributed by atoms with E-state index in [-0.39, 0.29) is 49.6 Å². The number of nitrogens with one attached hydrogen (secondary N) is 1. The van der Waals surface area contributed by atoms with Crippen LogP contribution in [0.3, 0.4) is 0 Å². The fraction of sp³-hybridized carbons (Fsp3) is 0.417. The number of carbonyl (C=O) groups is 2. The van der Waals surface area contributed by atoms with E-state index in [9.17, 15) is 19.1 Å². The van der Waals surface area contributed by atoms with Gasteiger partial charge >= 0.3 is 0 Å². The second kappa shape index (κ2) is 9.56. The topological polar surface area (TPSA) is 88.1 Å². The Hall–Kier alpha value is -3.13. The molecule has 1 saturated heterocycles. The van der Waals surface area contributed by atoms with E-state index in [2.05, 4.69) is 5.32 Å². The minimum atomic E-state index is -0.778. The Labute approximate surface area is 186 Å². The molecular formula is C24H27FN2O5. The molecule has 0 bridgehead atoms. The highest BCUT2D eigenvalue weighted by Crippen LogP contribution is 2.32. The molecule has 2 aromatic rings. The van der Waals surface area contributed by atoms with E-state index < -0.39 is 18.0 Å². The zero-order valence-corrected chi connectivity index (χ0v) is 17.9. The van der Waals surface area contributed by atoms with Crippen molar-refractivity contribution in [1.29, 1.82) is 0 Å². The van der Waals surface area contributed by atoms with Gasteiger partial charge in [-0.15, -0.1) is 0 Å². The zero-order valence-electron chi connectivity index (χ0n) is 17.9. The van der Waals surface area contributed by atoms with Gasteiger partial charge in [0, 0.05) is 19.0 Å². The number of hydrogen-bond acceptors (Lipinski definition) is 5. The van der Waals surface area contributed by atoms with Crippen molar-refractivity contribution in [3.63, 3.8) is 0 Å². The molecule has 0 spiro atoms. The summed E-state index contributed by atoms with van der Waals surface area (Å²) in [4.78, 5) is 27.0. The molecule has 170 valence electrons. The molecule has 7 nitrogen and oxygen atoms in total. The smallest absolute Gasteiger partial charge is 0.243 e. The normalized spacial score (nSPS) is 20.3. The summed E-state index contributed by atoms with van der Waals surface area (Å²) < 4.78 is 24.6. The van der Waals surface area contributed by atoms with E-state index in [1.807, 2.05) is 25.1 Å². The Morgan fingerprint density at radius 2 is 2.00 bits per heavy atom. The van der Waals surface area contributed by atoms with Gasteiger partial charge in [0.2, 0.25) is 18.6 Å². The average molecular weight is 442 g/mol. The zero-order chi connectivity index (χ0) is 22.7. The molecule has 3 unspecified atom stereocenters. The number of nitrogens with zero attached hydrogens (tertiary/aromatic N) is 1. The third-order valence-corrected chi connectivity index (χ3v) is 5.89. The van der Waals surface area contributed by atoms with Crippen molar-refractivity contribution in [2.75, 3.05) is 13.3 Å². The highest BCUT2D eigenvalue weighted by molar-refractivity contribution is 5.89. The number of rotatable bonds is 7. The van der Waals surface area contributed by atoms with Crippen LogP contribution in [0.1, 0.15) is 30.9 Å². The Balaban J connectivity index is 1.32. The largest absolute Gasteiger partial charge is 0.454 e. The molecule has 2 heterocycles. The number of ether oxygens (including phenoxy) is 2. The highest BCUT2D eigenvalue weighted by atomic mass is 19.1. The van der Waals surface area contributed by atoms with Crippen LogP contribution < -0.4 is 14.8 Å². The van der Waals surface area contributed by atoms with Crippen LogP contribution in [0.4, 0.5) is 4.39 Å². The fourth-order valence-electron chi connectivity index (χ4n) is 4.14. The molecule has 3 atom stereocenters. The minimum absolute atomic E-state index is 0.0664. The van der Waals surface area contributed by atoms with Crippen LogP contribution in [-0.2, 0) is 22.4 Å². The molecule has 1 fully saturated rings. The summed E-state index contributed by atoms with van der Waals surface area (Å²) in [6.45, 7) is 2.20. The molecule has 2 aliphatic rings. The molecule has 0 radical (unpaired) electrons. The van der Waals surface area contributed by atoms with Crippen LogP contribution in [0.5, 0.6) is 11.5 Å². The maximum Gasteiger partial charge on any atom is 0.243 e. The van der Waals surface area contributed by atoms with Crippen LogP contribution >= 0.6 is 0 Å². The molecule has 8 heteroatoms. The Morgan fingerprint density at radius 1 is 1.22 bits per heavy atom. The summed E-state index contributed by atoms with van der Waals surface area (Å²) in [6.07, 6.45) is 0.678. The van der Waals surface area contributed by atoms with Crippen LogP contribution in [0.2, 0.25) is 0 Å². The second-order valence-electron chi connectivity index (χ2n) is 8.36. The predicted molar refractivity (Wildman–Crippen MR) is 115 cm³/mol. The van der Waals surface area contributed by atoms with Gasteiger partial charge in [-0.3, -0.25) is 9.59 Å². The van der Waals surface area contributed by atoms with E-state index in [4.69, 9.17) is 9.47 Å². The third-order valence-electron chi connectivity index (χ3n) is 5.89. The molecule has 4 rings (SSSR count). The van der Waals surface area contributed by atoms with Gasteiger partial charge in [-0.2, -0.15) is 0 Å². The lowest BCUT2D eigenvalue weighted by Crippen LogP contribution is -2.48. The summed E-state index contributed by atoms with van der Waals surface area (Å²) in [6, 6.07) is 11.0. The molecule has 0 saturated carbocycles. The van der Waals surface area contributed by atoms with Gasteiger partial charge in [0.05, 0.1) is 12.5 Å². The van der Waals surface area contributed by atoms with Gasteiger partial charge in [-0.05, 0) is 49.1 Å². The molecule has 2 aliphatic heterocycles. The SMILES string of the molecule is CC(CCc1ccc2c(c1)OCO2)NC(=O)C1CC(O)CN1C(=O)Cc1ccccc1F. The van der Waals surface area contributed by atoms with Crippen LogP contribution in [-0.4, -0.2) is 53.3 Å². The molecule has 2 amide bonds. The highest BCUT2D eigenvalue weighted by Gasteiger charge is 2.39. The number of aliphatic hydroxyl groups excluding tert-OH is 1. The third kappa shape index (κ3) is 5.02. The monoisotopic (exact) mass is 442 g/mol. The van der Waals surface area contributed by atoms with Crippen molar-refractivity contribution in [2.24, 2.45) is 0 Å². The van der Waals surface area contributed by atoms with Gasteiger partial charge < -0.3 is 24.8 Å². The van der Waals surface area contributed by atoms with Gasteiger partial charge in [-0.1, -0.05) is 24.3 Å². The van der Waals surface area contributed by atoms with Gasteiger partial charge in [0.15, 0.2) is 11.5 Å². The molecular weight excluding hydrogens is 415 g/mol. The van der Waals surface area contributed by atoms with Crippen molar-refractivity contribution in [3.8, 4) is 11.5 Å². The lowest BCUT2D eigenvalue weighted by molar-refractivity contribution is -0.138. The summed E-state index contributed by atoms with van der Waals surface area (Å²) in [7, 11) is 0. The molecule has 0 aromatic heterocycles. The lowest BCUT2D eigenvalue weighted by atomic mass is 10.0. The van der Waals surface area contributed by atoms with E-state index in [0.29, 0.717) is 6.42 Å². The van der Waals surface area contributed by atoms with E-state index >= 15 is 0 Å². The lowest BCUT2D eigenvalue weighted by Gasteiger charge is -2.25. The predicted octanol–water partition coefficient (Wildman–Crippen LogP) is 2.20. The molecule has 2 N–H and O–H groups in total. The van der Waals surface area contributed by atoms with Crippen molar-refractivity contribution in [1.82, 2.24) is 10.2 Å². The quantitative estimate of drug-likeness (QED) is 0.687. The maximum absolute atomic E-state index is 13.9. The van der Waals surface area contributed by atoms with Gasteiger partial charge in [0.1, 0.15) is 11.9 Å². The first-order valence-electron chi connectivity index (χ1n) is 10.8. The number of benzene rings is 2. The van der Waals surface area contributed by atoms with Crippen LogP contribution in [0.15, 0.2) is 42.5 Å². The summed E-state index contributed by atoms with van der Waals surface area (Å²) in [5.41, 5.74) is 1.35. The standard InChI is InChI=1S/C24H27FN2O5/c1-15(6-7-16-8-9-21-22(10-16)32-14-31-21)26-24(30)20-12-18(28)13-27(20)23(29)11-17-4-2-3-5-19(17)25/h2-5,8-10,15,18,20,28H,6-7,11-14H2,1H3,(H,26,30). The molecule has 0 aliphatic carbocycles. The van der Waals surface area contributed by atoms with E-state index in [1.165, 1.54) is 11.0 Å². The average Bonchev–Trinajstić information content (AvgIpc) is 3.40. The number of aliphatic hydroxyl groups is 1. The first kappa shape index (κ1) is 22.1. The summed E-state index contributed by atoms with van der Waals surface area (Å²) >= 11 is 0. The Kier molecular flexibility index (Phi) is 6.60. The minimum Gasteiger partial charge on any atom is -0.454 e. The van der Waals surface area contributed by atoms with E-state index in [1.54, 1.807) is 18.2 Å². The van der Waals surface area contributed by atoms with Crippen LogP contribution in [0, 0.1) is 5.82 Å². The summed E-state index contributed by atoms with van der Waals surface area (Å²) in [5, 5.41) is 13.0. The number of halogens is 1. The fourth-order valence-corrected chi connectivity index (χ4v) is 4.14. The molecule has 32 heavy (non-hydrogen) atoms. The van der Waals surface area contributed by atoms with Gasteiger partial charge in [0.25, 0.3) is 0 Å². The van der Waals surface area contributed by atoms with Crippen molar-refractivity contribution >= 4 is 11.8 Å². The number of carbonyl (C=O) groups excluding carboxylic acids is 2. The maximum atomic E-state index is 13.9. The number of likely N-dealkylation sites (tertiary alicyclic amines) is 1. The van der Waals surface area contributed by atoms with Crippen LogP contribution in [0.25, 0.3) is 0 Å². The number of fused-ring (bicyclic) bond motifs is 1. The van der Waals surface area contributed by atoms with Crippen molar-refractivity contribution in [2.45, 2.75) is 50.8 Å². The first-order valence-corrected chi connectivity index (χ1v) is 10.8. The number of aryl methyl sites for hydroxylation is 1. The van der Waals surface area contributed by atoms with E-state index in [0.717, 1.165) is 23.5 Å². The Bertz CT molecular complexity index is 998. The van der Waals surface area contributed by atoms with Gasteiger partial charge in [-0.25, -0.2) is 4.39 Å². The Morgan fingerprint density at radius 3 is 2.81 bits per heavy atom.